The Morgan fingerprint density at radius 2 is 1.96 bits per heavy atom. The zero-order chi connectivity index (χ0) is 20.1. The number of alkyl halides is 3. The molecule has 5 nitrogen and oxygen atoms in total. The Kier molecular flexibility index (Phi) is 4.28. The molecule has 2 aromatic rings. The summed E-state index contributed by atoms with van der Waals surface area (Å²) in [6, 6.07) is 7.70. The number of anilines is 1. The maximum absolute atomic E-state index is 13.6. The van der Waals surface area contributed by atoms with Crippen molar-refractivity contribution in [2.24, 2.45) is 5.92 Å². The van der Waals surface area contributed by atoms with Crippen LogP contribution < -0.4 is 10.1 Å². The molecule has 0 bridgehead atoms. The number of fused-ring (bicyclic) bond motifs is 3. The molecule has 0 spiro atoms. The fraction of sp³-hybridized carbons (Fsp3) is 0.300. The van der Waals surface area contributed by atoms with Crippen molar-refractivity contribution in [3.63, 3.8) is 0 Å². The van der Waals surface area contributed by atoms with E-state index in [4.69, 9.17) is 4.74 Å². The topological polar surface area (TPSA) is 64.4 Å². The largest absolute Gasteiger partial charge is 0.494 e. The number of hydrogen-bond acceptors (Lipinski definition) is 4. The summed E-state index contributed by atoms with van der Waals surface area (Å²) in [5, 5.41) is 14.5. The standard InChI is InChI=1S/C20H17F3N2O3/c1-28-17-10-11(25(26)27)9-15-12-6-4-7-13(12)18(24-19(15)17)14-5-2-3-8-16(14)20(21,22)23/h2-6,8-10,12-13,18,24H,7H2,1H3/t12-,13+,18+/m1/s1. The second-order valence-corrected chi connectivity index (χ2v) is 6.93. The van der Waals surface area contributed by atoms with Crippen molar-refractivity contribution < 1.29 is 22.8 Å². The Bertz CT molecular complexity index is 972. The van der Waals surface area contributed by atoms with Gasteiger partial charge >= 0.3 is 6.18 Å². The van der Waals surface area contributed by atoms with Crippen LogP contribution >= 0.6 is 0 Å². The monoisotopic (exact) mass is 390 g/mol. The molecule has 1 heterocycles. The van der Waals surface area contributed by atoms with Crippen LogP contribution in [0.3, 0.4) is 0 Å². The number of rotatable bonds is 3. The van der Waals surface area contributed by atoms with Crippen LogP contribution in [0.25, 0.3) is 0 Å². The van der Waals surface area contributed by atoms with Crippen LogP contribution in [0.5, 0.6) is 5.75 Å². The SMILES string of the molecule is COc1cc([N+](=O)[O-])cc2c1N[C@H](c1ccccc1C(F)(F)F)[C@H]1CC=C[C@@H]21. The maximum atomic E-state index is 13.6. The molecule has 146 valence electrons. The molecular formula is C20H17F3N2O3. The number of nitro benzene ring substituents is 1. The highest BCUT2D eigenvalue weighted by molar-refractivity contribution is 5.71. The molecule has 1 aliphatic carbocycles. The molecule has 0 radical (unpaired) electrons. The highest BCUT2D eigenvalue weighted by Crippen LogP contribution is 2.54. The van der Waals surface area contributed by atoms with Crippen molar-refractivity contribution in [1.82, 2.24) is 0 Å². The van der Waals surface area contributed by atoms with E-state index in [1.807, 2.05) is 12.2 Å². The van der Waals surface area contributed by atoms with Crippen LogP contribution in [-0.4, -0.2) is 12.0 Å². The number of benzene rings is 2. The number of nitrogens with zero attached hydrogens (tertiary/aromatic N) is 1. The molecule has 3 atom stereocenters. The summed E-state index contributed by atoms with van der Waals surface area (Å²) in [6.45, 7) is 0. The number of nitrogens with one attached hydrogen (secondary N) is 1. The van der Waals surface area contributed by atoms with Gasteiger partial charge < -0.3 is 10.1 Å². The lowest BCUT2D eigenvalue weighted by molar-refractivity contribution is -0.385. The van der Waals surface area contributed by atoms with Gasteiger partial charge in [-0.1, -0.05) is 30.4 Å². The van der Waals surface area contributed by atoms with E-state index < -0.39 is 22.7 Å². The zero-order valence-corrected chi connectivity index (χ0v) is 14.9. The van der Waals surface area contributed by atoms with Crippen LogP contribution in [0.4, 0.5) is 24.5 Å². The van der Waals surface area contributed by atoms with Crippen molar-refractivity contribution in [2.45, 2.75) is 24.6 Å². The molecule has 4 rings (SSSR count). The Balaban J connectivity index is 1.88. The molecule has 0 amide bonds. The fourth-order valence-corrected chi connectivity index (χ4v) is 4.25. The first-order valence-corrected chi connectivity index (χ1v) is 8.77. The first-order chi connectivity index (χ1) is 13.3. The number of non-ortho nitro benzene ring substituents is 1. The van der Waals surface area contributed by atoms with Gasteiger partial charge in [-0.05, 0) is 29.5 Å². The molecule has 2 aliphatic rings. The summed E-state index contributed by atoms with van der Waals surface area (Å²) in [6.07, 6.45) is -0.0596. The summed E-state index contributed by atoms with van der Waals surface area (Å²) in [5.74, 6) is -0.156. The smallest absolute Gasteiger partial charge is 0.416 e. The van der Waals surface area contributed by atoms with Crippen molar-refractivity contribution in [3.8, 4) is 5.75 Å². The van der Waals surface area contributed by atoms with Gasteiger partial charge in [0.25, 0.3) is 5.69 Å². The van der Waals surface area contributed by atoms with E-state index >= 15 is 0 Å². The Labute approximate surface area is 159 Å². The number of nitro groups is 1. The second kappa shape index (κ2) is 6.54. The number of halogens is 3. The molecule has 1 aliphatic heterocycles. The summed E-state index contributed by atoms with van der Waals surface area (Å²) >= 11 is 0. The number of methoxy groups -OCH3 is 1. The van der Waals surface area contributed by atoms with Gasteiger partial charge in [0.2, 0.25) is 0 Å². The van der Waals surface area contributed by atoms with E-state index in [2.05, 4.69) is 5.32 Å². The van der Waals surface area contributed by atoms with Crippen LogP contribution in [0.2, 0.25) is 0 Å². The normalized spacial score (nSPS) is 22.9. The highest BCUT2D eigenvalue weighted by Gasteiger charge is 2.43. The zero-order valence-electron chi connectivity index (χ0n) is 14.9. The molecule has 0 unspecified atom stereocenters. The van der Waals surface area contributed by atoms with Gasteiger partial charge in [-0.25, -0.2) is 0 Å². The second-order valence-electron chi connectivity index (χ2n) is 6.93. The summed E-state index contributed by atoms with van der Waals surface area (Å²) in [5.41, 5.74) is 0.557. The van der Waals surface area contributed by atoms with E-state index in [1.54, 1.807) is 6.07 Å². The minimum absolute atomic E-state index is 0.106. The average molecular weight is 390 g/mol. The quantitative estimate of drug-likeness (QED) is 0.430. The minimum Gasteiger partial charge on any atom is -0.494 e. The van der Waals surface area contributed by atoms with Gasteiger partial charge in [-0.2, -0.15) is 13.2 Å². The van der Waals surface area contributed by atoms with E-state index in [9.17, 15) is 23.3 Å². The maximum Gasteiger partial charge on any atom is 0.416 e. The number of hydrogen-bond donors (Lipinski definition) is 1. The van der Waals surface area contributed by atoms with Gasteiger partial charge in [0.15, 0.2) is 0 Å². The molecule has 0 aromatic heterocycles. The van der Waals surface area contributed by atoms with Gasteiger partial charge in [-0.15, -0.1) is 0 Å². The lowest BCUT2D eigenvalue weighted by Crippen LogP contribution is -2.31. The molecular weight excluding hydrogens is 373 g/mol. The number of ether oxygens (including phenoxy) is 1. The minimum atomic E-state index is -4.47. The Morgan fingerprint density at radius 3 is 2.64 bits per heavy atom. The third-order valence-corrected chi connectivity index (χ3v) is 5.45. The summed E-state index contributed by atoms with van der Waals surface area (Å²) in [7, 11) is 1.39. The van der Waals surface area contributed by atoms with Crippen molar-refractivity contribution in [3.05, 3.63) is 75.4 Å². The molecule has 1 N–H and O–H groups in total. The van der Waals surface area contributed by atoms with E-state index in [0.29, 0.717) is 17.7 Å². The lowest BCUT2D eigenvalue weighted by Gasteiger charge is -2.38. The van der Waals surface area contributed by atoms with Crippen LogP contribution in [-0.2, 0) is 6.18 Å². The predicted octanol–water partition coefficient (Wildman–Crippen LogP) is 5.45. The third kappa shape index (κ3) is 2.89. The molecule has 0 saturated heterocycles. The Hall–Kier alpha value is -3.03. The fourth-order valence-electron chi connectivity index (χ4n) is 4.25. The van der Waals surface area contributed by atoms with Crippen molar-refractivity contribution >= 4 is 11.4 Å². The van der Waals surface area contributed by atoms with Crippen molar-refractivity contribution in [1.29, 1.82) is 0 Å². The van der Waals surface area contributed by atoms with E-state index in [-0.39, 0.29) is 28.8 Å². The van der Waals surface area contributed by atoms with E-state index in [1.165, 1.54) is 31.4 Å². The summed E-state index contributed by atoms with van der Waals surface area (Å²) < 4.78 is 46.1. The average Bonchev–Trinajstić information content (AvgIpc) is 3.15. The van der Waals surface area contributed by atoms with Gasteiger partial charge in [0.1, 0.15) is 5.75 Å². The van der Waals surface area contributed by atoms with Gasteiger partial charge in [0, 0.05) is 12.0 Å². The summed E-state index contributed by atoms with van der Waals surface area (Å²) in [4.78, 5) is 10.8. The molecule has 8 heteroatoms. The lowest BCUT2D eigenvalue weighted by atomic mass is 9.76. The van der Waals surface area contributed by atoms with E-state index in [0.717, 1.165) is 6.07 Å². The highest BCUT2D eigenvalue weighted by atomic mass is 19.4. The molecule has 2 aromatic carbocycles. The third-order valence-electron chi connectivity index (χ3n) is 5.45. The first-order valence-electron chi connectivity index (χ1n) is 8.77. The van der Waals surface area contributed by atoms with Gasteiger partial charge in [-0.3, -0.25) is 10.1 Å². The number of allylic oxidation sites excluding steroid dienone is 2. The molecule has 0 fully saturated rings. The predicted molar refractivity (Wildman–Crippen MR) is 97.4 cm³/mol. The van der Waals surface area contributed by atoms with Crippen LogP contribution in [0.15, 0.2) is 48.6 Å². The van der Waals surface area contributed by atoms with Crippen LogP contribution in [0.1, 0.15) is 35.1 Å². The molecule has 0 saturated carbocycles. The molecule has 28 heavy (non-hydrogen) atoms. The first kappa shape index (κ1) is 18.3. The Morgan fingerprint density at radius 1 is 1.21 bits per heavy atom. The van der Waals surface area contributed by atoms with Gasteiger partial charge in [0.05, 0.1) is 35.4 Å². The van der Waals surface area contributed by atoms with Crippen molar-refractivity contribution in [2.75, 3.05) is 12.4 Å². The van der Waals surface area contributed by atoms with Crippen LogP contribution in [0, 0.1) is 16.0 Å².